The van der Waals surface area contributed by atoms with Gasteiger partial charge in [0.1, 0.15) is 5.82 Å². The first-order valence-corrected chi connectivity index (χ1v) is 7.00. The molecule has 1 aromatic heterocycles. The number of hydrogen-bond donors (Lipinski definition) is 2. The van der Waals surface area contributed by atoms with Gasteiger partial charge in [-0.3, -0.25) is 0 Å². The summed E-state index contributed by atoms with van der Waals surface area (Å²) in [6.07, 6.45) is 6.51. The smallest absolute Gasteiger partial charge is 0.140 e. The van der Waals surface area contributed by atoms with Crippen LogP contribution in [0.4, 0.5) is 5.82 Å². The van der Waals surface area contributed by atoms with Gasteiger partial charge in [0.25, 0.3) is 0 Å². The van der Waals surface area contributed by atoms with Gasteiger partial charge in [-0.15, -0.1) is 0 Å². The Hall–Kier alpha value is -0.610. The standard InChI is InChI=1S/C13H19BrN2O/c1-9-6-7-15-13(12(9)14)16-11-5-3-2-4-10(11)8-17/h6-7,10-11,17H,2-5,8H2,1H3,(H,15,16). The molecule has 2 N–H and O–H groups in total. The Labute approximate surface area is 111 Å². The Morgan fingerprint density at radius 1 is 1.47 bits per heavy atom. The number of nitrogens with zero attached hydrogens (tertiary/aromatic N) is 1. The fourth-order valence-electron chi connectivity index (χ4n) is 2.43. The lowest BCUT2D eigenvalue weighted by Crippen LogP contribution is -2.34. The van der Waals surface area contributed by atoms with Crippen LogP contribution in [0.3, 0.4) is 0 Å². The van der Waals surface area contributed by atoms with Crippen LogP contribution < -0.4 is 5.32 Å². The van der Waals surface area contributed by atoms with Crippen molar-refractivity contribution in [2.45, 2.75) is 38.6 Å². The number of nitrogens with one attached hydrogen (secondary N) is 1. The molecule has 0 aliphatic heterocycles. The van der Waals surface area contributed by atoms with Crippen LogP contribution in [0.25, 0.3) is 0 Å². The van der Waals surface area contributed by atoms with Crippen LogP contribution in [0.1, 0.15) is 31.2 Å². The molecule has 2 rings (SSSR count). The summed E-state index contributed by atoms with van der Waals surface area (Å²) in [6.45, 7) is 2.32. The van der Waals surface area contributed by atoms with Crippen LogP contribution in [0.15, 0.2) is 16.7 Å². The molecular formula is C13H19BrN2O. The molecule has 1 aromatic rings. The van der Waals surface area contributed by atoms with Gasteiger partial charge in [-0.25, -0.2) is 4.98 Å². The minimum absolute atomic E-state index is 0.265. The molecule has 1 fully saturated rings. The third-order valence-corrected chi connectivity index (χ3v) is 4.55. The number of pyridine rings is 1. The zero-order valence-corrected chi connectivity index (χ0v) is 11.7. The van der Waals surface area contributed by atoms with E-state index in [0.717, 1.165) is 23.1 Å². The van der Waals surface area contributed by atoms with Crippen LogP contribution in [-0.4, -0.2) is 22.7 Å². The largest absolute Gasteiger partial charge is 0.396 e. The molecule has 1 aliphatic carbocycles. The highest BCUT2D eigenvalue weighted by Crippen LogP contribution is 2.30. The number of aromatic nitrogens is 1. The highest BCUT2D eigenvalue weighted by molar-refractivity contribution is 9.10. The molecule has 0 aromatic carbocycles. The van der Waals surface area contributed by atoms with E-state index in [1.165, 1.54) is 18.4 Å². The molecule has 4 heteroatoms. The molecule has 0 bridgehead atoms. The van der Waals surface area contributed by atoms with E-state index in [4.69, 9.17) is 0 Å². The van der Waals surface area contributed by atoms with Gasteiger partial charge >= 0.3 is 0 Å². The highest BCUT2D eigenvalue weighted by atomic mass is 79.9. The summed E-state index contributed by atoms with van der Waals surface area (Å²) in [5.41, 5.74) is 1.18. The van der Waals surface area contributed by atoms with Gasteiger partial charge in [0, 0.05) is 24.8 Å². The molecule has 2 atom stereocenters. The number of halogens is 1. The van der Waals surface area contributed by atoms with E-state index in [1.807, 2.05) is 12.3 Å². The van der Waals surface area contributed by atoms with Crippen molar-refractivity contribution in [3.63, 3.8) is 0 Å². The number of aryl methyl sites for hydroxylation is 1. The Morgan fingerprint density at radius 3 is 3.00 bits per heavy atom. The van der Waals surface area contributed by atoms with Crippen LogP contribution in [0.5, 0.6) is 0 Å². The van der Waals surface area contributed by atoms with Crippen molar-refractivity contribution < 1.29 is 5.11 Å². The summed E-state index contributed by atoms with van der Waals surface area (Å²) in [5, 5.41) is 12.9. The monoisotopic (exact) mass is 298 g/mol. The first-order valence-electron chi connectivity index (χ1n) is 6.21. The van der Waals surface area contributed by atoms with E-state index >= 15 is 0 Å². The molecular weight excluding hydrogens is 280 g/mol. The van der Waals surface area contributed by atoms with Crippen LogP contribution >= 0.6 is 15.9 Å². The van der Waals surface area contributed by atoms with Crippen molar-refractivity contribution in [2.24, 2.45) is 5.92 Å². The van der Waals surface area contributed by atoms with Crippen molar-refractivity contribution in [3.05, 3.63) is 22.3 Å². The lowest BCUT2D eigenvalue weighted by atomic mass is 9.85. The van der Waals surface area contributed by atoms with Crippen LogP contribution in [0, 0.1) is 12.8 Å². The van der Waals surface area contributed by atoms with Gasteiger partial charge < -0.3 is 10.4 Å². The normalized spacial score (nSPS) is 24.6. The second kappa shape index (κ2) is 5.83. The number of aliphatic hydroxyl groups is 1. The van der Waals surface area contributed by atoms with Gasteiger partial charge in [0.2, 0.25) is 0 Å². The second-order valence-electron chi connectivity index (χ2n) is 4.77. The average Bonchev–Trinajstić information content (AvgIpc) is 2.35. The Morgan fingerprint density at radius 2 is 2.24 bits per heavy atom. The van der Waals surface area contributed by atoms with Crippen molar-refractivity contribution in [3.8, 4) is 0 Å². The van der Waals surface area contributed by atoms with Crippen molar-refractivity contribution in [2.75, 3.05) is 11.9 Å². The number of rotatable bonds is 3. The predicted octanol–water partition coefficient (Wildman–Crippen LogP) is 3.12. The van der Waals surface area contributed by atoms with E-state index in [0.29, 0.717) is 12.0 Å². The van der Waals surface area contributed by atoms with E-state index in [1.54, 1.807) is 0 Å². The fraction of sp³-hybridized carbons (Fsp3) is 0.615. The first-order chi connectivity index (χ1) is 8.22. The van der Waals surface area contributed by atoms with Crippen LogP contribution in [0.2, 0.25) is 0 Å². The van der Waals surface area contributed by atoms with E-state index < -0.39 is 0 Å². The quantitative estimate of drug-likeness (QED) is 0.901. The van der Waals surface area contributed by atoms with E-state index in [-0.39, 0.29) is 6.61 Å². The molecule has 3 nitrogen and oxygen atoms in total. The molecule has 1 saturated carbocycles. The predicted molar refractivity (Wildman–Crippen MR) is 73.1 cm³/mol. The van der Waals surface area contributed by atoms with Gasteiger partial charge in [-0.05, 0) is 47.3 Å². The number of hydrogen-bond acceptors (Lipinski definition) is 3. The Balaban J connectivity index is 2.11. The van der Waals surface area contributed by atoms with Crippen molar-refractivity contribution in [1.29, 1.82) is 0 Å². The van der Waals surface area contributed by atoms with E-state index in [2.05, 4.69) is 33.2 Å². The minimum atomic E-state index is 0.265. The average molecular weight is 299 g/mol. The lowest BCUT2D eigenvalue weighted by molar-refractivity contribution is 0.178. The van der Waals surface area contributed by atoms with Crippen LogP contribution in [-0.2, 0) is 0 Å². The summed E-state index contributed by atoms with van der Waals surface area (Å²) in [4.78, 5) is 4.36. The topological polar surface area (TPSA) is 45.2 Å². The summed E-state index contributed by atoms with van der Waals surface area (Å²) < 4.78 is 1.03. The number of anilines is 1. The van der Waals surface area contributed by atoms with Gasteiger partial charge in [-0.2, -0.15) is 0 Å². The molecule has 0 saturated heterocycles. The van der Waals surface area contributed by atoms with Gasteiger partial charge in [-0.1, -0.05) is 12.8 Å². The summed E-state index contributed by atoms with van der Waals surface area (Å²) in [5.74, 6) is 1.26. The number of aliphatic hydroxyl groups excluding tert-OH is 1. The fourth-order valence-corrected chi connectivity index (χ4v) is 2.78. The molecule has 2 unspecified atom stereocenters. The zero-order valence-electron chi connectivity index (χ0n) is 10.1. The molecule has 17 heavy (non-hydrogen) atoms. The third-order valence-electron chi connectivity index (χ3n) is 3.55. The Bertz CT molecular complexity index is 384. The molecule has 0 radical (unpaired) electrons. The molecule has 0 spiro atoms. The zero-order chi connectivity index (χ0) is 12.3. The SMILES string of the molecule is Cc1ccnc(NC2CCCCC2CO)c1Br. The third kappa shape index (κ3) is 2.99. The van der Waals surface area contributed by atoms with Gasteiger partial charge in [0.05, 0.1) is 4.47 Å². The van der Waals surface area contributed by atoms with E-state index in [9.17, 15) is 5.11 Å². The minimum Gasteiger partial charge on any atom is -0.396 e. The summed E-state index contributed by atoms with van der Waals surface area (Å²) in [6, 6.07) is 2.33. The Kier molecular flexibility index (Phi) is 4.40. The first kappa shape index (κ1) is 12.8. The van der Waals surface area contributed by atoms with Crippen molar-refractivity contribution >= 4 is 21.7 Å². The van der Waals surface area contributed by atoms with Gasteiger partial charge in [0.15, 0.2) is 0 Å². The maximum Gasteiger partial charge on any atom is 0.140 e. The molecule has 1 heterocycles. The summed E-state index contributed by atoms with van der Waals surface area (Å²) >= 11 is 3.56. The maximum absolute atomic E-state index is 9.39. The highest BCUT2D eigenvalue weighted by Gasteiger charge is 2.25. The molecule has 0 amide bonds. The second-order valence-corrected chi connectivity index (χ2v) is 5.56. The molecule has 1 aliphatic rings. The lowest BCUT2D eigenvalue weighted by Gasteiger charge is -2.31. The molecule has 94 valence electrons. The summed E-state index contributed by atoms with van der Waals surface area (Å²) in [7, 11) is 0. The van der Waals surface area contributed by atoms with Crippen molar-refractivity contribution in [1.82, 2.24) is 4.98 Å². The maximum atomic E-state index is 9.39.